The third-order valence-corrected chi connectivity index (χ3v) is 6.29. The quantitative estimate of drug-likeness (QED) is 0.827. The molecule has 5 heteroatoms. The van der Waals surface area contributed by atoms with Crippen LogP contribution in [0.3, 0.4) is 0 Å². The first-order valence-electron chi connectivity index (χ1n) is 6.65. The lowest BCUT2D eigenvalue weighted by atomic mass is 9.87. The van der Waals surface area contributed by atoms with Crippen molar-refractivity contribution in [1.82, 2.24) is 4.31 Å². The van der Waals surface area contributed by atoms with E-state index in [4.69, 9.17) is 0 Å². The van der Waals surface area contributed by atoms with E-state index in [1.54, 1.807) is 11.2 Å². The molecule has 100 valence electrons. The number of aliphatic hydroxyl groups is 1. The largest absolute Gasteiger partial charge is 0.393 e. The second kappa shape index (κ2) is 5.24. The van der Waals surface area contributed by atoms with E-state index in [9.17, 15) is 13.5 Å². The van der Waals surface area contributed by atoms with Gasteiger partial charge in [0.05, 0.1) is 11.9 Å². The monoisotopic (exact) mass is 261 g/mol. The molecule has 0 spiro atoms. The van der Waals surface area contributed by atoms with Gasteiger partial charge in [0.2, 0.25) is 10.0 Å². The lowest BCUT2D eigenvalue weighted by molar-refractivity contribution is 0.0910. The molecule has 0 bridgehead atoms. The van der Waals surface area contributed by atoms with Crippen LogP contribution in [-0.4, -0.2) is 42.8 Å². The topological polar surface area (TPSA) is 57.6 Å². The van der Waals surface area contributed by atoms with Gasteiger partial charge in [-0.3, -0.25) is 0 Å². The van der Waals surface area contributed by atoms with Crippen molar-refractivity contribution in [1.29, 1.82) is 0 Å². The van der Waals surface area contributed by atoms with E-state index >= 15 is 0 Å². The highest BCUT2D eigenvalue weighted by molar-refractivity contribution is 7.89. The molecule has 0 aromatic carbocycles. The van der Waals surface area contributed by atoms with E-state index in [0.29, 0.717) is 24.8 Å². The third kappa shape index (κ3) is 3.20. The molecular weight excluding hydrogens is 238 g/mol. The highest BCUT2D eigenvalue weighted by Gasteiger charge is 2.32. The van der Waals surface area contributed by atoms with Gasteiger partial charge in [-0.25, -0.2) is 12.7 Å². The summed E-state index contributed by atoms with van der Waals surface area (Å²) in [5.74, 6) is 1.01. The van der Waals surface area contributed by atoms with Crippen LogP contribution in [0.4, 0.5) is 0 Å². The van der Waals surface area contributed by atoms with Crippen LogP contribution in [0.15, 0.2) is 0 Å². The van der Waals surface area contributed by atoms with Crippen LogP contribution in [0, 0.1) is 11.8 Å². The first-order valence-corrected chi connectivity index (χ1v) is 8.26. The van der Waals surface area contributed by atoms with Gasteiger partial charge in [-0.15, -0.1) is 0 Å². The maximum absolute atomic E-state index is 12.1. The molecule has 1 unspecified atom stereocenters. The van der Waals surface area contributed by atoms with Crippen molar-refractivity contribution < 1.29 is 13.5 Å². The van der Waals surface area contributed by atoms with Gasteiger partial charge in [-0.1, -0.05) is 6.42 Å². The SMILES string of the molecule is CC(O)C1CCN(S(=O)(=O)CC2CCC2)CC1. The molecule has 1 saturated heterocycles. The fourth-order valence-corrected chi connectivity index (χ4v) is 4.61. The predicted molar refractivity (Wildman–Crippen MR) is 67.1 cm³/mol. The van der Waals surface area contributed by atoms with Crippen molar-refractivity contribution in [3.8, 4) is 0 Å². The summed E-state index contributed by atoms with van der Waals surface area (Å²) < 4.78 is 25.9. The minimum atomic E-state index is -3.04. The van der Waals surface area contributed by atoms with Crippen LogP contribution in [0.1, 0.15) is 39.0 Å². The van der Waals surface area contributed by atoms with Crippen LogP contribution in [0.2, 0.25) is 0 Å². The summed E-state index contributed by atoms with van der Waals surface area (Å²) in [4.78, 5) is 0. The van der Waals surface area contributed by atoms with Crippen molar-refractivity contribution in [3.63, 3.8) is 0 Å². The Hall–Kier alpha value is -0.130. The molecule has 2 aliphatic rings. The number of nitrogens with zero attached hydrogens (tertiary/aromatic N) is 1. The summed E-state index contributed by atoms with van der Waals surface area (Å²) >= 11 is 0. The second-order valence-electron chi connectivity index (χ2n) is 5.55. The first-order chi connectivity index (χ1) is 7.99. The van der Waals surface area contributed by atoms with Gasteiger partial charge >= 0.3 is 0 Å². The van der Waals surface area contributed by atoms with Gasteiger partial charge in [0.25, 0.3) is 0 Å². The van der Waals surface area contributed by atoms with Crippen LogP contribution < -0.4 is 0 Å². The number of piperidine rings is 1. The van der Waals surface area contributed by atoms with Gasteiger partial charge in [-0.05, 0) is 44.4 Å². The lowest BCUT2D eigenvalue weighted by Gasteiger charge is -2.34. The first kappa shape index (κ1) is 13.3. The van der Waals surface area contributed by atoms with Crippen molar-refractivity contribution >= 4 is 10.0 Å². The Balaban J connectivity index is 1.86. The van der Waals surface area contributed by atoms with Crippen molar-refractivity contribution in [2.24, 2.45) is 11.8 Å². The normalized spacial score (nSPS) is 26.7. The average molecular weight is 261 g/mol. The summed E-state index contributed by atoms with van der Waals surface area (Å²) in [7, 11) is -3.04. The standard InChI is InChI=1S/C12H23NO3S/c1-10(14)12-5-7-13(8-6-12)17(15,16)9-11-3-2-4-11/h10-12,14H,2-9H2,1H3. The second-order valence-corrected chi connectivity index (χ2v) is 7.57. The number of hydrogen-bond acceptors (Lipinski definition) is 3. The summed E-state index contributed by atoms with van der Waals surface area (Å²) in [5.41, 5.74) is 0. The van der Waals surface area contributed by atoms with Gasteiger partial charge in [0.1, 0.15) is 0 Å². The van der Waals surface area contributed by atoms with Crippen LogP contribution >= 0.6 is 0 Å². The molecule has 4 nitrogen and oxygen atoms in total. The number of aliphatic hydroxyl groups excluding tert-OH is 1. The van der Waals surface area contributed by atoms with Crippen molar-refractivity contribution in [3.05, 3.63) is 0 Å². The lowest BCUT2D eigenvalue weighted by Crippen LogP contribution is -2.43. The van der Waals surface area contributed by atoms with E-state index in [1.165, 1.54) is 6.42 Å². The molecule has 0 amide bonds. The average Bonchev–Trinajstić information content (AvgIpc) is 2.24. The van der Waals surface area contributed by atoms with Crippen molar-refractivity contribution in [2.75, 3.05) is 18.8 Å². The highest BCUT2D eigenvalue weighted by Crippen LogP contribution is 2.30. The molecule has 1 saturated carbocycles. The molecule has 17 heavy (non-hydrogen) atoms. The minimum Gasteiger partial charge on any atom is -0.393 e. The van der Waals surface area contributed by atoms with Gasteiger partial charge in [-0.2, -0.15) is 0 Å². The summed E-state index contributed by atoms with van der Waals surface area (Å²) in [6, 6.07) is 0. The number of rotatable bonds is 4. The molecular formula is C12H23NO3S. The Morgan fingerprint density at radius 3 is 2.24 bits per heavy atom. The van der Waals surface area contributed by atoms with Gasteiger partial charge < -0.3 is 5.11 Å². The fraction of sp³-hybridized carbons (Fsp3) is 1.00. The van der Waals surface area contributed by atoms with Gasteiger partial charge in [0.15, 0.2) is 0 Å². The zero-order valence-electron chi connectivity index (χ0n) is 10.5. The molecule has 0 aromatic rings. The maximum Gasteiger partial charge on any atom is 0.214 e. The Kier molecular flexibility index (Phi) is 4.10. The molecule has 1 N–H and O–H groups in total. The summed E-state index contributed by atoms with van der Waals surface area (Å²) in [6.07, 6.45) is 4.60. The molecule has 2 rings (SSSR count). The van der Waals surface area contributed by atoms with E-state index < -0.39 is 10.0 Å². The summed E-state index contributed by atoms with van der Waals surface area (Å²) in [5, 5.41) is 9.49. The molecule has 1 aliphatic heterocycles. The highest BCUT2D eigenvalue weighted by atomic mass is 32.2. The van der Waals surface area contributed by atoms with Crippen LogP contribution in [0.5, 0.6) is 0 Å². The van der Waals surface area contributed by atoms with Crippen molar-refractivity contribution in [2.45, 2.75) is 45.1 Å². The third-order valence-electron chi connectivity index (χ3n) is 4.25. The molecule has 1 heterocycles. The number of sulfonamides is 1. The molecule has 0 aromatic heterocycles. The van der Waals surface area contributed by atoms with E-state index in [0.717, 1.165) is 25.7 Å². The molecule has 2 fully saturated rings. The van der Waals surface area contributed by atoms with Crippen LogP contribution in [0.25, 0.3) is 0 Å². The maximum atomic E-state index is 12.1. The molecule has 1 aliphatic carbocycles. The smallest absolute Gasteiger partial charge is 0.214 e. The Labute approximate surface area is 104 Å². The fourth-order valence-electron chi connectivity index (χ4n) is 2.70. The zero-order chi connectivity index (χ0) is 12.5. The molecule has 1 atom stereocenters. The van der Waals surface area contributed by atoms with Crippen LogP contribution in [-0.2, 0) is 10.0 Å². The zero-order valence-corrected chi connectivity index (χ0v) is 11.3. The Bertz CT molecular complexity index is 341. The summed E-state index contributed by atoms with van der Waals surface area (Å²) in [6.45, 7) is 2.97. The van der Waals surface area contributed by atoms with Gasteiger partial charge in [0, 0.05) is 13.1 Å². The molecule has 0 radical (unpaired) electrons. The Morgan fingerprint density at radius 2 is 1.82 bits per heavy atom. The van der Waals surface area contributed by atoms with E-state index in [1.807, 2.05) is 0 Å². The van der Waals surface area contributed by atoms with E-state index in [-0.39, 0.29) is 12.0 Å². The predicted octanol–water partition coefficient (Wildman–Crippen LogP) is 1.21. The van der Waals surface area contributed by atoms with E-state index in [2.05, 4.69) is 0 Å². The number of hydrogen-bond donors (Lipinski definition) is 1. The Morgan fingerprint density at radius 1 is 1.24 bits per heavy atom. The minimum absolute atomic E-state index is 0.269.